The highest BCUT2D eigenvalue weighted by molar-refractivity contribution is 5.34. The van der Waals surface area contributed by atoms with Crippen LogP contribution in [0, 0.1) is 17.2 Å². The molecule has 0 spiro atoms. The van der Waals surface area contributed by atoms with E-state index in [1.807, 2.05) is 0 Å². The molecule has 0 aliphatic carbocycles. The van der Waals surface area contributed by atoms with E-state index in [2.05, 4.69) is 4.90 Å². The normalized spacial score (nSPS) is 29.4. The minimum Gasteiger partial charge on any atom is -0.496 e. The van der Waals surface area contributed by atoms with Gasteiger partial charge in [-0.1, -0.05) is 6.07 Å². The van der Waals surface area contributed by atoms with Crippen LogP contribution in [0.15, 0.2) is 18.2 Å². The van der Waals surface area contributed by atoms with Crippen molar-refractivity contribution in [3.8, 4) is 5.75 Å². The van der Waals surface area contributed by atoms with Crippen LogP contribution in [0.5, 0.6) is 5.75 Å². The van der Waals surface area contributed by atoms with Crippen molar-refractivity contribution in [2.75, 3.05) is 40.0 Å². The molecule has 0 amide bonds. The van der Waals surface area contributed by atoms with Crippen LogP contribution in [-0.4, -0.2) is 50.0 Å². The monoisotopic (exact) mass is 295 g/mol. The van der Waals surface area contributed by atoms with Crippen LogP contribution in [0.25, 0.3) is 0 Å². The zero-order valence-corrected chi connectivity index (χ0v) is 12.3. The first kappa shape index (κ1) is 14.8. The number of rotatable bonds is 4. The maximum Gasteiger partial charge on any atom is 0.126 e. The molecule has 21 heavy (non-hydrogen) atoms. The molecular formula is C16H22FNO3. The molecule has 116 valence electrons. The van der Waals surface area contributed by atoms with Crippen molar-refractivity contribution >= 4 is 0 Å². The largest absolute Gasteiger partial charge is 0.496 e. The molecule has 0 aromatic heterocycles. The van der Waals surface area contributed by atoms with Gasteiger partial charge in [0.05, 0.1) is 20.3 Å². The Morgan fingerprint density at radius 2 is 2.38 bits per heavy atom. The van der Waals surface area contributed by atoms with Gasteiger partial charge in [-0.3, -0.25) is 4.90 Å². The predicted molar refractivity (Wildman–Crippen MR) is 76.7 cm³/mol. The number of ether oxygens (including phenoxy) is 2. The molecule has 0 saturated carbocycles. The fourth-order valence-electron chi connectivity index (χ4n) is 3.64. The third kappa shape index (κ3) is 2.78. The summed E-state index contributed by atoms with van der Waals surface area (Å²) >= 11 is 0. The molecule has 2 atom stereocenters. The number of hydrogen-bond donors (Lipinski definition) is 1. The molecule has 2 fully saturated rings. The molecule has 4 nitrogen and oxygen atoms in total. The van der Waals surface area contributed by atoms with Gasteiger partial charge in [-0.25, -0.2) is 4.39 Å². The average molecular weight is 295 g/mol. The van der Waals surface area contributed by atoms with Crippen LogP contribution >= 0.6 is 0 Å². The summed E-state index contributed by atoms with van der Waals surface area (Å²) in [5, 5.41) is 9.79. The number of likely N-dealkylation sites (tertiary alicyclic amines) is 1. The standard InChI is InChI=1S/C16H22FNO3/c1-20-15-6-14(17)3-2-12(15)7-18-8-13-4-5-21-11-16(13,9-18)10-19/h2-3,6,13,19H,4-5,7-11H2,1H3/t13-,16+/m0/s1. The van der Waals surface area contributed by atoms with Crippen LogP contribution in [0.4, 0.5) is 4.39 Å². The molecule has 1 N–H and O–H groups in total. The Morgan fingerprint density at radius 3 is 3.10 bits per heavy atom. The second kappa shape index (κ2) is 5.91. The Labute approximate surface area is 124 Å². The number of methoxy groups -OCH3 is 1. The van der Waals surface area contributed by atoms with Crippen molar-refractivity contribution in [3.63, 3.8) is 0 Å². The van der Waals surface area contributed by atoms with Crippen LogP contribution in [0.2, 0.25) is 0 Å². The lowest BCUT2D eigenvalue weighted by Gasteiger charge is -2.36. The number of fused-ring (bicyclic) bond motifs is 1. The van der Waals surface area contributed by atoms with Crippen LogP contribution in [0.1, 0.15) is 12.0 Å². The predicted octanol–water partition coefficient (Wildman–Crippen LogP) is 1.67. The van der Waals surface area contributed by atoms with Gasteiger partial charge in [0, 0.05) is 43.3 Å². The molecule has 3 rings (SSSR count). The molecule has 2 heterocycles. The molecule has 1 aromatic carbocycles. The summed E-state index contributed by atoms with van der Waals surface area (Å²) in [6.45, 7) is 4.04. The fourth-order valence-corrected chi connectivity index (χ4v) is 3.64. The Balaban J connectivity index is 1.75. The van der Waals surface area contributed by atoms with E-state index in [0.29, 0.717) is 24.8 Å². The summed E-state index contributed by atoms with van der Waals surface area (Å²) in [5.41, 5.74) is 0.845. The zero-order valence-electron chi connectivity index (χ0n) is 12.3. The van der Waals surface area contributed by atoms with Crippen molar-refractivity contribution in [1.29, 1.82) is 0 Å². The SMILES string of the molecule is COc1cc(F)ccc1CN1C[C@@H]2CCOC[C@]2(CO)C1. The lowest BCUT2D eigenvalue weighted by Crippen LogP contribution is -2.42. The van der Waals surface area contributed by atoms with Gasteiger partial charge in [-0.2, -0.15) is 0 Å². The van der Waals surface area contributed by atoms with E-state index in [9.17, 15) is 9.50 Å². The molecule has 2 aliphatic heterocycles. The second-order valence-corrected chi connectivity index (χ2v) is 6.18. The Bertz CT molecular complexity index is 510. The van der Waals surface area contributed by atoms with Gasteiger partial charge < -0.3 is 14.6 Å². The first-order valence-electron chi connectivity index (χ1n) is 7.40. The Kier molecular flexibility index (Phi) is 4.15. The number of benzene rings is 1. The minimum absolute atomic E-state index is 0.133. The van der Waals surface area contributed by atoms with E-state index in [1.165, 1.54) is 12.1 Å². The highest BCUT2D eigenvalue weighted by Crippen LogP contribution is 2.41. The first-order chi connectivity index (χ1) is 10.2. The van der Waals surface area contributed by atoms with E-state index in [0.717, 1.165) is 31.7 Å². The van der Waals surface area contributed by atoms with Crippen molar-refractivity contribution < 1.29 is 19.0 Å². The molecule has 0 radical (unpaired) electrons. The maximum atomic E-state index is 13.3. The molecule has 2 aliphatic rings. The summed E-state index contributed by atoms with van der Waals surface area (Å²) in [6.07, 6.45) is 0.998. The topological polar surface area (TPSA) is 41.9 Å². The molecule has 0 unspecified atom stereocenters. The highest BCUT2D eigenvalue weighted by Gasteiger charge is 2.47. The van der Waals surface area contributed by atoms with E-state index in [4.69, 9.17) is 9.47 Å². The smallest absolute Gasteiger partial charge is 0.126 e. The van der Waals surface area contributed by atoms with Gasteiger partial charge in [-0.05, 0) is 18.4 Å². The average Bonchev–Trinajstić information content (AvgIpc) is 2.87. The van der Waals surface area contributed by atoms with E-state index >= 15 is 0 Å². The second-order valence-electron chi connectivity index (χ2n) is 6.18. The lowest BCUT2D eigenvalue weighted by atomic mass is 9.76. The number of hydrogen-bond acceptors (Lipinski definition) is 4. The van der Waals surface area contributed by atoms with E-state index in [-0.39, 0.29) is 17.8 Å². The summed E-state index contributed by atoms with van der Waals surface area (Å²) in [6, 6.07) is 4.66. The van der Waals surface area contributed by atoms with Crippen molar-refractivity contribution in [1.82, 2.24) is 4.90 Å². The van der Waals surface area contributed by atoms with Crippen molar-refractivity contribution in [2.24, 2.45) is 11.3 Å². The highest BCUT2D eigenvalue weighted by atomic mass is 19.1. The maximum absolute atomic E-state index is 13.3. The lowest BCUT2D eigenvalue weighted by molar-refractivity contribution is -0.0561. The molecular weight excluding hydrogens is 273 g/mol. The van der Waals surface area contributed by atoms with Crippen molar-refractivity contribution in [3.05, 3.63) is 29.6 Å². The molecule has 1 aromatic rings. The number of halogens is 1. The van der Waals surface area contributed by atoms with Gasteiger partial charge in [0.15, 0.2) is 0 Å². The number of aliphatic hydroxyl groups excluding tert-OH is 1. The van der Waals surface area contributed by atoms with Gasteiger partial charge in [0.1, 0.15) is 11.6 Å². The van der Waals surface area contributed by atoms with Crippen LogP contribution in [0.3, 0.4) is 0 Å². The minimum atomic E-state index is -0.286. The Hall–Kier alpha value is -1.17. The van der Waals surface area contributed by atoms with Crippen molar-refractivity contribution in [2.45, 2.75) is 13.0 Å². The third-order valence-corrected chi connectivity index (χ3v) is 4.84. The fraction of sp³-hybridized carbons (Fsp3) is 0.625. The summed E-state index contributed by atoms with van der Waals surface area (Å²) in [4.78, 5) is 2.31. The Morgan fingerprint density at radius 1 is 1.52 bits per heavy atom. The van der Waals surface area contributed by atoms with E-state index in [1.54, 1.807) is 13.2 Å². The third-order valence-electron chi connectivity index (χ3n) is 4.84. The van der Waals surface area contributed by atoms with Gasteiger partial charge >= 0.3 is 0 Å². The van der Waals surface area contributed by atoms with Gasteiger partial charge in [0.2, 0.25) is 0 Å². The summed E-state index contributed by atoms with van der Waals surface area (Å²) in [7, 11) is 1.56. The zero-order chi connectivity index (χ0) is 14.9. The van der Waals surface area contributed by atoms with E-state index < -0.39 is 0 Å². The van der Waals surface area contributed by atoms with Gasteiger partial charge in [-0.15, -0.1) is 0 Å². The van der Waals surface area contributed by atoms with Crippen LogP contribution in [-0.2, 0) is 11.3 Å². The summed E-state index contributed by atoms with van der Waals surface area (Å²) in [5.74, 6) is 0.771. The van der Waals surface area contributed by atoms with Crippen LogP contribution < -0.4 is 4.74 Å². The van der Waals surface area contributed by atoms with Gasteiger partial charge in [0.25, 0.3) is 0 Å². The molecule has 5 heteroatoms. The quantitative estimate of drug-likeness (QED) is 0.917. The molecule has 0 bridgehead atoms. The summed E-state index contributed by atoms with van der Waals surface area (Å²) < 4.78 is 24.1. The first-order valence-corrected chi connectivity index (χ1v) is 7.40. The number of aliphatic hydroxyl groups is 1. The number of nitrogens with zero attached hydrogens (tertiary/aromatic N) is 1. The molecule has 2 saturated heterocycles.